The van der Waals surface area contributed by atoms with Gasteiger partial charge in [-0.3, -0.25) is 9.59 Å². The van der Waals surface area contributed by atoms with E-state index in [4.69, 9.17) is 5.11 Å². The fourth-order valence-electron chi connectivity index (χ4n) is 1.54. The Hall–Kier alpha value is -1.88. The van der Waals surface area contributed by atoms with Gasteiger partial charge in [0.1, 0.15) is 0 Å². The maximum Gasteiger partial charge on any atom is 0.313 e. The van der Waals surface area contributed by atoms with Crippen LogP contribution in [0, 0.1) is 13.8 Å². The summed E-state index contributed by atoms with van der Waals surface area (Å²) in [5.74, 6) is -1.39. The fraction of sp³-hybridized carbons (Fsp3) is 0.429. The van der Waals surface area contributed by atoms with Crippen LogP contribution in [0.4, 0.5) is 5.69 Å². The zero-order valence-electron chi connectivity index (χ0n) is 11.5. The average molecular weight is 264 g/mol. The summed E-state index contributed by atoms with van der Waals surface area (Å²) in [6, 6.07) is 5.51. The third kappa shape index (κ3) is 4.71. The zero-order chi connectivity index (χ0) is 14.4. The number of rotatable bonds is 4. The van der Waals surface area contributed by atoms with Crippen LogP contribution >= 0.6 is 0 Å². The lowest BCUT2D eigenvalue weighted by Gasteiger charge is -2.10. The van der Waals surface area contributed by atoms with Gasteiger partial charge in [0.15, 0.2) is 0 Å². The van der Waals surface area contributed by atoms with Crippen LogP contribution in [0.15, 0.2) is 18.2 Å². The summed E-state index contributed by atoms with van der Waals surface area (Å²) in [6.45, 7) is 5.73. The van der Waals surface area contributed by atoms with E-state index in [-0.39, 0.29) is 6.54 Å². The molecule has 0 radical (unpaired) electrons. The average Bonchev–Trinajstić information content (AvgIpc) is 2.34. The first kappa shape index (κ1) is 15.2. The lowest BCUT2D eigenvalue weighted by atomic mass is 10.1. The number of amides is 2. The normalized spacial score (nSPS) is 11.8. The van der Waals surface area contributed by atoms with Gasteiger partial charge in [-0.2, -0.15) is 0 Å². The molecular weight excluding hydrogens is 244 g/mol. The molecule has 19 heavy (non-hydrogen) atoms. The Kier molecular flexibility index (Phi) is 5.51. The smallest absolute Gasteiger partial charge is 0.313 e. The van der Waals surface area contributed by atoms with Crippen molar-refractivity contribution in [3.05, 3.63) is 29.3 Å². The van der Waals surface area contributed by atoms with E-state index in [0.29, 0.717) is 12.1 Å². The summed E-state index contributed by atoms with van der Waals surface area (Å²) in [5.41, 5.74) is 2.62. The van der Waals surface area contributed by atoms with Crippen LogP contribution in [0.1, 0.15) is 24.5 Å². The number of carbonyl (C=O) groups excluding carboxylic acids is 2. The highest BCUT2D eigenvalue weighted by atomic mass is 16.3. The molecule has 0 aromatic heterocycles. The van der Waals surface area contributed by atoms with Crippen molar-refractivity contribution < 1.29 is 14.7 Å². The van der Waals surface area contributed by atoms with E-state index in [9.17, 15) is 9.59 Å². The van der Waals surface area contributed by atoms with Gasteiger partial charge < -0.3 is 15.7 Å². The third-order valence-corrected chi connectivity index (χ3v) is 2.91. The van der Waals surface area contributed by atoms with Gasteiger partial charge >= 0.3 is 11.8 Å². The second-order valence-corrected chi connectivity index (χ2v) is 4.60. The van der Waals surface area contributed by atoms with Crippen molar-refractivity contribution in [2.45, 2.75) is 33.3 Å². The Morgan fingerprint density at radius 3 is 2.58 bits per heavy atom. The molecule has 0 aliphatic rings. The van der Waals surface area contributed by atoms with E-state index >= 15 is 0 Å². The number of hydrogen-bond donors (Lipinski definition) is 3. The third-order valence-electron chi connectivity index (χ3n) is 2.91. The molecule has 0 aliphatic heterocycles. The summed E-state index contributed by atoms with van der Waals surface area (Å²) < 4.78 is 0. The van der Waals surface area contributed by atoms with E-state index in [2.05, 4.69) is 10.6 Å². The first-order valence-electron chi connectivity index (χ1n) is 6.25. The lowest BCUT2D eigenvalue weighted by molar-refractivity contribution is -0.136. The molecule has 0 saturated heterocycles. The second kappa shape index (κ2) is 6.89. The van der Waals surface area contributed by atoms with Crippen molar-refractivity contribution in [3.63, 3.8) is 0 Å². The highest BCUT2D eigenvalue weighted by molar-refractivity contribution is 6.39. The van der Waals surface area contributed by atoms with Gasteiger partial charge in [-0.1, -0.05) is 12.1 Å². The van der Waals surface area contributed by atoms with Crippen LogP contribution < -0.4 is 10.6 Å². The molecule has 1 atom stereocenters. The summed E-state index contributed by atoms with van der Waals surface area (Å²) in [4.78, 5) is 23.2. The molecule has 1 rings (SSSR count). The summed E-state index contributed by atoms with van der Waals surface area (Å²) in [5, 5.41) is 14.1. The van der Waals surface area contributed by atoms with Crippen molar-refractivity contribution in [3.8, 4) is 0 Å². The Morgan fingerprint density at radius 2 is 1.95 bits per heavy atom. The van der Waals surface area contributed by atoms with E-state index in [1.807, 2.05) is 26.0 Å². The molecule has 0 aliphatic carbocycles. The number of hydrogen-bond acceptors (Lipinski definition) is 3. The molecule has 1 aromatic rings. The van der Waals surface area contributed by atoms with Crippen LogP contribution in [0.3, 0.4) is 0 Å². The number of benzene rings is 1. The maximum absolute atomic E-state index is 11.7. The van der Waals surface area contributed by atoms with E-state index < -0.39 is 17.9 Å². The van der Waals surface area contributed by atoms with Gasteiger partial charge in [-0.05, 0) is 44.4 Å². The van der Waals surface area contributed by atoms with Crippen molar-refractivity contribution in [2.24, 2.45) is 0 Å². The topological polar surface area (TPSA) is 78.4 Å². The van der Waals surface area contributed by atoms with Gasteiger partial charge in [0.05, 0.1) is 6.10 Å². The molecule has 2 amide bonds. The van der Waals surface area contributed by atoms with Gasteiger partial charge in [0.25, 0.3) is 0 Å². The molecule has 0 saturated carbocycles. The predicted molar refractivity (Wildman–Crippen MR) is 73.9 cm³/mol. The molecule has 5 heteroatoms. The largest absolute Gasteiger partial charge is 0.393 e. The molecular formula is C14H20N2O3. The number of nitrogens with one attached hydrogen (secondary N) is 2. The van der Waals surface area contributed by atoms with E-state index in [1.165, 1.54) is 0 Å². The number of aliphatic hydroxyl groups is 1. The monoisotopic (exact) mass is 264 g/mol. The van der Waals surface area contributed by atoms with Crippen LogP contribution in [0.25, 0.3) is 0 Å². The zero-order valence-corrected chi connectivity index (χ0v) is 11.5. The van der Waals surface area contributed by atoms with Crippen LogP contribution in [-0.2, 0) is 9.59 Å². The van der Waals surface area contributed by atoms with Crippen molar-refractivity contribution >= 4 is 17.5 Å². The van der Waals surface area contributed by atoms with Gasteiger partial charge in [-0.15, -0.1) is 0 Å². The minimum absolute atomic E-state index is 0.275. The molecule has 1 aromatic carbocycles. The standard InChI is InChI=1S/C14H20N2O3/c1-9-5-4-6-12(11(9)3)16-14(19)13(18)15-8-7-10(2)17/h4-6,10,17H,7-8H2,1-3H3,(H,15,18)(H,16,19). The number of aliphatic hydroxyl groups excluding tert-OH is 1. The molecule has 104 valence electrons. The Labute approximate surface area is 113 Å². The minimum atomic E-state index is -0.695. The SMILES string of the molecule is Cc1cccc(NC(=O)C(=O)NCCC(C)O)c1C. The van der Waals surface area contributed by atoms with Crippen molar-refractivity contribution in [1.29, 1.82) is 0 Å². The Balaban J connectivity index is 2.55. The summed E-state index contributed by atoms with van der Waals surface area (Å²) in [7, 11) is 0. The van der Waals surface area contributed by atoms with Crippen LogP contribution in [-0.4, -0.2) is 29.6 Å². The Morgan fingerprint density at radius 1 is 1.26 bits per heavy atom. The summed E-state index contributed by atoms with van der Waals surface area (Å²) >= 11 is 0. The van der Waals surface area contributed by atoms with Gasteiger partial charge in [0, 0.05) is 12.2 Å². The Bertz CT molecular complexity index is 470. The molecule has 0 spiro atoms. The number of anilines is 1. The first-order valence-corrected chi connectivity index (χ1v) is 6.25. The number of carbonyl (C=O) groups is 2. The summed E-state index contributed by atoms with van der Waals surface area (Å²) in [6.07, 6.45) is -0.0787. The molecule has 5 nitrogen and oxygen atoms in total. The first-order chi connectivity index (χ1) is 8.91. The quantitative estimate of drug-likeness (QED) is 0.713. The van der Waals surface area contributed by atoms with Gasteiger partial charge in [-0.25, -0.2) is 0 Å². The predicted octanol–water partition coefficient (Wildman–Crippen LogP) is 1.13. The minimum Gasteiger partial charge on any atom is -0.393 e. The van der Waals surface area contributed by atoms with Crippen LogP contribution in [0.2, 0.25) is 0 Å². The highest BCUT2D eigenvalue weighted by Crippen LogP contribution is 2.17. The second-order valence-electron chi connectivity index (χ2n) is 4.60. The van der Waals surface area contributed by atoms with Crippen molar-refractivity contribution in [1.82, 2.24) is 5.32 Å². The maximum atomic E-state index is 11.7. The molecule has 0 bridgehead atoms. The van der Waals surface area contributed by atoms with Crippen molar-refractivity contribution in [2.75, 3.05) is 11.9 Å². The lowest BCUT2D eigenvalue weighted by Crippen LogP contribution is -2.36. The molecule has 3 N–H and O–H groups in total. The van der Waals surface area contributed by atoms with E-state index in [1.54, 1.807) is 13.0 Å². The van der Waals surface area contributed by atoms with Crippen LogP contribution in [0.5, 0.6) is 0 Å². The highest BCUT2D eigenvalue weighted by Gasteiger charge is 2.14. The van der Waals surface area contributed by atoms with E-state index in [0.717, 1.165) is 11.1 Å². The molecule has 1 unspecified atom stereocenters. The molecule has 0 fully saturated rings. The molecule has 0 heterocycles. The fourth-order valence-corrected chi connectivity index (χ4v) is 1.54. The van der Waals surface area contributed by atoms with Gasteiger partial charge in [0.2, 0.25) is 0 Å². The number of aryl methyl sites for hydroxylation is 1.